The van der Waals surface area contributed by atoms with E-state index in [0.717, 1.165) is 5.56 Å². The van der Waals surface area contributed by atoms with Crippen LogP contribution in [0, 0.1) is 12.7 Å². The minimum Gasteiger partial charge on any atom is -0.488 e. The third-order valence-electron chi connectivity index (χ3n) is 2.33. The van der Waals surface area contributed by atoms with Gasteiger partial charge in [0.25, 0.3) is 0 Å². The van der Waals surface area contributed by atoms with Gasteiger partial charge < -0.3 is 14.8 Å². The molecular formula is C12H16FNO3. The Morgan fingerprint density at radius 1 is 1.53 bits per heavy atom. The summed E-state index contributed by atoms with van der Waals surface area (Å²) in [6.45, 7) is 1.85. The largest absolute Gasteiger partial charge is 0.488 e. The Morgan fingerprint density at radius 2 is 2.24 bits per heavy atom. The summed E-state index contributed by atoms with van der Waals surface area (Å²) >= 11 is 0. The molecule has 5 heteroatoms. The fourth-order valence-electron chi connectivity index (χ4n) is 1.31. The van der Waals surface area contributed by atoms with E-state index in [-0.39, 0.29) is 12.4 Å². The van der Waals surface area contributed by atoms with Gasteiger partial charge in [-0.2, -0.15) is 0 Å². The number of carbonyl (C=O) groups excluding carboxylic acids is 1. The van der Waals surface area contributed by atoms with Crippen molar-refractivity contribution >= 4 is 5.97 Å². The molecule has 0 amide bonds. The molecule has 1 unspecified atom stereocenters. The smallest absolute Gasteiger partial charge is 0.326 e. The molecule has 1 aromatic rings. The lowest BCUT2D eigenvalue weighted by Gasteiger charge is -2.15. The molecule has 1 N–H and O–H groups in total. The maximum atomic E-state index is 13.3. The highest BCUT2D eigenvalue weighted by Gasteiger charge is 2.18. The van der Waals surface area contributed by atoms with Gasteiger partial charge in [-0.3, -0.25) is 4.79 Å². The quantitative estimate of drug-likeness (QED) is 0.789. The van der Waals surface area contributed by atoms with Crippen molar-refractivity contribution in [2.45, 2.75) is 13.0 Å². The Bertz CT molecular complexity index is 395. The van der Waals surface area contributed by atoms with E-state index < -0.39 is 17.8 Å². The highest BCUT2D eigenvalue weighted by Crippen LogP contribution is 2.18. The predicted octanol–water partition coefficient (Wildman–Crippen LogP) is 1.27. The second kappa shape index (κ2) is 6.20. The van der Waals surface area contributed by atoms with E-state index >= 15 is 0 Å². The molecule has 0 aliphatic rings. The number of ether oxygens (including phenoxy) is 2. The van der Waals surface area contributed by atoms with Crippen LogP contribution in [0.25, 0.3) is 0 Å². The Morgan fingerprint density at radius 3 is 2.82 bits per heavy atom. The van der Waals surface area contributed by atoms with E-state index in [4.69, 9.17) is 4.74 Å². The molecule has 0 aliphatic heterocycles. The molecule has 0 spiro atoms. The number of hydrogen-bond acceptors (Lipinski definition) is 4. The molecule has 1 aromatic carbocycles. The van der Waals surface area contributed by atoms with Crippen LogP contribution in [-0.4, -0.2) is 32.8 Å². The van der Waals surface area contributed by atoms with E-state index in [1.807, 2.05) is 6.92 Å². The minimum atomic E-state index is -0.611. The van der Waals surface area contributed by atoms with Crippen molar-refractivity contribution in [2.24, 2.45) is 0 Å². The Hall–Kier alpha value is -1.62. The van der Waals surface area contributed by atoms with Gasteiger partial charge >= 0.3 is 5.97 Å². The monoisotopic (exact) mass is 241 g/mol. The lowest BCUT2D eigenvalue weighted by molar-refractivity contribution is -0.143. The number of likely N-dealkylation sites (N-methyl/N-ethyl adjacent to an activating group) is 1. The van der Waals surface area contributed by atoms with Crippen molar-refractivity contribution in [3.05, 3.63) is 29.6 Å². The van der Waals surface area contributed by atoms with Crippen LogP contribution >= 0.6 is 0 Å². The van der Waals surface area contributed by atoms with Crippen LogP contribution in [-0.2, 0) is 9.53 Å². The number of benzene rings is 1. The van der Waals surface area contributed by atoms with Gasteiger partial charge in [-0.15, -0.1) is 0 Å². The fourth-order valence-corrected chi connectivity index (χ4v) is 1.31. The number of nitrogens with one attached hydrogen (secondary N) is 1. The number of aryl methyl sites for hydroxylation is 1. The molecule has 0 radical (unpaired) electrons. The topological polar surface area (TPSA) is 47.6 Å². The summed E-state index contributed by atoms with van der Waals surface area (Å²) in [5.41, 5.74) is 0.889. The first-order chi connectivity index (χ1) is 8.08. The standard InChI is InChI=1S/C12H16FNO3/c1-8-4-5-9(13)11(6-8)17-7-10(14-2)12(15)16-3/h4-6,10,14H,7H2,1-3H3. The molecule has 0 fully saturated rings. The molecule has 1 rings (SSSR count). The first kappa shape index (κ1) is 13.4. The van der Waals surface area contributed by atoms with Gasteiger partial charge in [-0.25, -0.2) is 4.39 Å². The number of methoxy groups -OCH3 is 1. The van der Waals surface area contributed by atoms with Crippen LogP contribution in [0.4, 0.5) is 4.39 Å². The summed E-state index contributed by atoms with van der Waals surface area (Å²) < 4.78 is 23.2. The molecule has 0 aliphatic carbocycles. The molecular weight excluding hydrogens is 225 g/mol. The van der Waals surface area contributed by atoms with Crippen LogP contribution in [0.1, 0.15) is 5.56 Å². The molecule has 0 bridgehead atoms. The van der Waals surface area contributed by atoms with Crippen LogP contribution in [0.5, 0.6) is 5.75 Å². The van der Waals surface area contributed by atoms with Gasteiger partial charge in [-0.05, 0) is 31.7 Å². The second-order valence-corrected chi connectivity index (χ2v) is 3.61. The lowest BCUT2D eigenvalue weighted by atomic mass is 10.2. The van der Waals surface area contributed by atoms with Gasteiger partial charge in [0.1, 0.15) is 12.6 Å². The number of hydrogen-bond donors (Lipinski definition) is 1. The van der Waals surface area contributed by atoms with Crippen molar-refractivity contribution in [2.75, 3.05) is 20.8 Å². The summed E-state index contributed by atoms with van der Waals surface area (Å²) in [6, 6.07) is 3.95. The third kappa shape index (κ3) is 3.71. The average molecular weight is 241 g/mol. The second-order valence-electron chi connectivity index (χ2n) is 3.61. The van der Waals surface area contributed by atoms with Crippen LogP contribution < -0.4 is 10.1 Å². The van der Waals surface area contributed by atoms with Gasteiger partial charge in [0.2, 0.25) is 0 Å². The SMILES string of the molecule is CNC(COc1cc(C)ccc1F)C(=O)OC. The zero-order chi connectivity index (χ0) is 12.8. The molecule has 4 nitrogen and oxygen atoms in total. The van der Waals surface area contributed by atoms with E-state index in [2.05, 4.69) is 10.1 Å². The number of rotatable bonds is 5. The van der Waals surface area contributed by atoms with Crippen molar-refractivity contribution < 1.29 is 18.7 Å². The van der Waals surface area contributed by atoms with Crippen molar-refractivity contribution in [3.63, 3.8) is 0 Å². The zero-order valence-electron chi connectivity index (χ0n) is 10.1. The molecule has 94 valence electrons. The van der Waals surface area contributed by atoms with Gasteiger partial charge in [0, 0.05) is 0 Å². The van der Waals surface area contributed by atoms with Crippen molar-refractivity contribution in [1.29, 1.82) is 0 Å². The van der Waals surface area contributed by atoms with E-state index in [1.54, 1.807) is 19.2 Å². The number of carbonyl (C=O) groups is 1. The summed E-state index contributed by atoms with van der Waals surface area (Å²) in [5, 5.41) is 2.74. The Kier molecular flexibility index (Phi) is 4.90. The van der Waals surface area contributed by atoms with Crippen LogP contribution in [0.15, 0.2) is 18.2 Å². The third-order valence-corrected chi connectivity index (χ3v) is 2.33. The Balaban J connectivity index is 2.65. The summed E-state index contributed by atoms with van der Waals surface area (Å²) in [7, 11) is 2.90. The Labute approximate surface area is 99.7 Å². The normalized spacial score (nSPS) is 12.0. The zero-order valence-corrected chi connectivity index (χ0v) is 10.1. The van der Waals surface area contributed by atoms with E-state index in [0.29, 0.717) is 0 Å². The maximum absolute atomic E-state index is 13.3. The van der Waals surface area contributed by atoms with E-state index in [9.17, 15) is 9.18 Å². The summed E-state index contributed by atoms with van der Waals surface area (Å²) in [4.78, 5) is 11.3. The minimum absolute atomic E-state index is 0.0174. The van der Waals surface area contributed by atoms with Gasteiger partial charge in [0.15, 0.2) is 11.6 Å². The number of halogens is 1. The molecule has 0 saturated heterocycles. The summed E-state index contributed by atoms with van der Waals surface area (Å²) in [5.74, 6) is -0.759. The molecule has 0 aromatic heterocycles. The van der Waals surface area contributed by atoms with E-state index in [1.165, 1.54) is 13.2 Å². The first-order valence-electron chi connectivity index (χ1n) is 5.22. The maximum Gasteiger partial charge on any atom is 0.326 e. The lowest BCUT2D eigenvalue weighted by Crippen LogP contribution is -2.40. The highest BCUT2D eigenvalue weighted by molar-refractivity contribution is 5.75. The van der Waals surface area contributed by atoms with Gasteiger partial charge in [0.05, 0.1) is 7.11 Å². The van der Waals surface area contributed by atoms with Crippen LogP contribution in [0.2, 0.25) is 0 Å². The highest BCUT2D eigenvalue weighted by atomic mass is 19.1. The molecule has 17 heavy (non-hydrogen) atoms. The van der Waals surface area contributed by atoms with Crippen LogP contribution in [0.3, 0.4) is 0 Å². The summed E-state index contributed by atoms with van der Waals surface area (Å²) in [6.07, 6.45) is 0. The van der Waals surface area contributed by atoms with Crippen molar-refractivity contribution in [3.8, 4) is 5.75 Å². The van der Waals surface area contributed by atoms with Crippen molar-refractivity contribution in [1.82, 2.24) is 5.32 Å². The van der Waals surface area contributed by atoms with Gasteiger partial charge in [-0.1, -0.05) is 6.07 Å². The number of esters is 1. The fraction of sp³-hybridized carbons (Fsp3) is 0.417. The average Bonchev–Trinajstić information content (AvgIpc) is 2.33. The first-order valence-corrected chi connectivity index (χ1v) is 5.22. The predicted molar refractivity (Wildman–Crippen MR) is 61.5 cm³/mol. The molecule has 1 atom stereocenters. The molecule has 0 heterocycles. The molecule has 0 saturated carbocycles.